The second kappa shape index (κ2) is 6.83. The highest BCUT2D eigenvalue weighted by molar-refractivity contribution is 14.1. The number of nitrogens with one attached hydrogen (secondary N) is 1. The lowest BCUT2D eigenvalue weighted by Gasteiger charge is -2.07. The Bertz CT molecular complexity index is 827. The Morgan fingerprint density at radius 1 is 0.870 bits per heavy atom. The summed E-state index contributed by atoms with van der Waals surface area (Å²) >= 11 is 2.21. The normalized spacial score (nSPS) is 10.3. The molecule has 23 heavy (non-hydrogen) atoms. The van der Waals surface area contributed by atoms with Gasteiger partial charge in [0.15, 0.2) is 0 Å². The maximum Gasteiger partial charge on any atom is 0.255 e. The lowest BCUT2D eigenvalue weighted by molar-refractivity contribution is 0.102. The summed E-state index contributed by atoms with van der Waals surface area (Å²) in [5, 5.41) is 12.2. The van der Waals surface area contributed by atoms with E-state index in [1.165, 1.54) is 0 Å². The topological polar surface area (TPSA) is 49.3 Å². The molecule has 2 N–H and O–H groups in total. The van der Waals surface area contributed by atoms with Crippen molar-refractivity contribution in [3.63, 3.8) is 0 Å². The Kier molecular flexibility index (Phi) is 4.62. The zero-order valence-electron chi connectivity index (χ0n) is 12.2. The Hall–Kier alpha value is -2.34. The van der Waals surface area contributed by atoms with Crippen LogP contribution in [0.2, 0.25) is 0 Å². The molecular formula is C19H14INO2. The van der Waals surface area contributed by atoms with Crippen LogP contribution < -0.4 is 5.32 Å². The minimum atomic E-state index is -0.135. The lowest BCUT2D eigenvalue weighted by Crippen LogP contribution is -2.11. The molecular weight excluding hydrogens is 401 g/mol. The van der Waals surface area contributed by atoms with E-state index >= 15 is 0 Å². The number of aromatic hydroxyl groups is 1. The van der Waals surface area contributed by atoms with E-state index in [0.717, 1.165) is 20.4 Å². The molecule has 1 amide bonds. The third kappa shape index (κ3) is 3.90. The van der Waals surface area contributed by atoms with Gasteiger partial charge in [-0.1, -0.05) is 30.3 Å². The lowest BCUT2D eigenvalue weighted by atomic mass is 10.0. The van der Waals surface area contributed by atoms with E-state index in [0.29, 0.717) is 5.56 Å². The quantitative estimate of drug-likeness (QED) is 0.597. The van der Waals surface area contributed by atoms with Crippen LogP contribution in [-0.2, 0) is 0 Å². The molecule has 0 aliphatic carbocycles. The van der Waals surface area contributed by atoms with Gasteiger partial charge in [-0.3, -0.25) is 4.79 Å². The number of hydrogen-bond acceptors (Lipinski definition) is 2. The van der Waals surface area contributed by atoms with E-state index in [4.69, 9.17) is 0 Å². The van der Waals surface area contributed by atoms with Gasteiger partial charge in [0.1, 0.15) is 5.75 Å². The molecule has 3 rings (SSSR count). The first kappa shape index (κ1) is 15.6. The van der Waals surface area contributed by atoms with Crippen molar-refractivity contribution in [2.45, 2.75) is 0 Å². The maximum absolute atomic E-state index is 12.3. The number of phenols is 1. The number of halogens is 1. The number of hydrogen-bond donors (Lipinski definition) is 2. The van der Waals surface area contributed by atoms with Gasteiger partial charge < -0.3 is 10.4 Å². The molecule has 0 spiro atoms. The zero-order valence-corrected chi connectivity index (χ0v) is 14.3. The van der Waals surface area contributed by atoms with Gasteiger partial charge in [-0.2, -0.15) is 0 Å². The summed E-state index contributed by atoms with van der Waals surface area (Å²) in [7, 11) is 0. The SMILES string of the molecule is O=C(Nc1cccc(I)c1)c1ccc(-c2ccc(O)cc2)cc1. The minimum Gasteiger partial charge on any atom is -0.508 e. The monoisotopic (exact) mass is 415 g/mol. The fraction of sp³-hybridized carbons (Fsp3) is 0. The first-order valence-electron chi connectivity index (χ1n) is 7.08. The van der Waals surface area contributed by atoms with Crippen molar-refractivity contribution in [2.75, 3.05) is 5.32 Å². The number of carbonyl (C=O) groups is 1. The molecule has 4 heteroatoms. The zero-order chi connectivity index (χ0) is 16.2. The third-order valence-corrected chi connectivity index (χ3v) is 4.10. The predicted molar refractivity (Wildman–Crippen MR) is 101 cm³/mol. The fourth-order valence-electron chi connectivity index (χ4n) is 2.24. The highest BCUT2D eigenvalue weighted by atomic mass is 127. The second-order valence-corrected chi connectivity index (χ2v) is 6.33. The van der Waals surface area contributed by atoms with Gasteiger partial charge in [0.25, 0.3) is 5.91 Å². The van der Waals surface area contributed by atoms with Crippen molar-refractivity contribution in [1.82, 2.24) is 0 Å². The fourth-order valence-corrected chi connectivity index (χ4v) is 2.78. The van der Waals surface area contributed by atoms with Gasteiger partial charge in [-0.25, -0.2) is 0 Å². The highest BCUT2D eigenvalue weighted by Gasteiger charge is 2.07. The largest absolute Gasteiger partial charge is 0.508 e. The van der Waals surface area contributed by atoms with Crippen molar-refractivity contribution in [3.8, 4) is 16.9 Å². The van der Waals surface area contributed by atoms with E-state index in [1.807, 2.05) is 48.5 Å². The van der Waals surface area contributed by atoms with Crippen LogP contribution in [0.15, 0.2) is 72.8 Å². The summed E-state index contributed by atoms with van der Waals surface area (Å²) in [6.07, 6.45) is 0. The molecule has 0 aliphatic heterocycles. The van der Waals surface area contributed by atoms with Gasteiger partial charge >= 0.3 is 0 Å². The smallest absolute Gasteiger partial charge is 0.255 e. The Balaban J connectivity index is 1.76. The molecule has 0 atom stereocenters. The number of amides is 1. The first-order valence-corrected chi connectivity index (χ1v) is 8.16. The molecule has 0 heterocycles. The van der Waals surface area contributed by atoms with E-state index in [2.05, 4.69) is 27.9 Å². The summed E-state index contributed by atoms with van der Waals surface area (Å²) in [6.45, 7) is 0. The summed E-state index contributed by atoms with van der Waals surface area (Å²) < 4.78 is 1.07. The minimum absolute atomic E-state index is 0.135. The Labute approximate surface area is 148 Å². The van der Waals surface area contributed by atoms with Gasteiger partial charge in [0.05, 0.1) is 0 Å². The van der Waals surface area contributed by atoms with Gasteiger partial charge in [0.2, 0.25) is 0 Å². The molecule has 3 aromatic carbocycles. The van der Waals surface area contributed by atoms with Crippen molar-refractivity contribution in [1.29, 1.82) is 0 Å². The number of rotatable bonds is 3. The maximum atomic E-state index is 12.3. The van der Waals surface area contributed by atoms with Crippen molar-refractivity contribution < 1.29 is 9.90 Å². The number of benzene rings is 3. The summed E-state index contributed by atoms with van der Waals surface area (Å²) in [5.41, 5.74) is 3.37. The van der Waals surface area contributed by atoms with Crippen molar-refractivity contribution in [3.05, 3.63) is 81.9 Å². The van der Waals surface area contributed by atoms with Crippen LogP contribution in [0.25, 0.3) is 11.1 Å². The van der Waals surface area contributed by atoms with Gasteiger partial charge in [0, 0.05) is 14.8 Å². The van der Waals surface area contributed by atoms with E-state index in [1.54, 1.807) is 24.3 Å². The van der Waals surface area contributed by atoms with Crippen LogP contribution in [-0.4, -0.2) is 11.0 Å². The van der Waals surface area contributed by atoms with Gasteiger partial charge in [-0.15, -0.1) is 0 Å². The summed E-state index contributed by atoms with van der Waals surface area (Å²) in [6, 6.07) is 22.0. The van der Waals surface area contributed by atoms with Crippen LogP contribution in [0.4, 0.5) is 5.69 Å². The van der Waals surface area contributed by atoms with Crippen LogP contribution in [0, 0.1) is 3.57 Å². The van der Waals surface area contributed by atoms with E-state index < -0.39 is 0 Å². The van der Waals surface area contributed by atoms with Gasteiger partial charge in [-0.05, 0) is 76.2 Å². The van der Waals surface area contributed by atoms with Crippen molar-refractivity contribution in [2.24, 2.45) is 0 Å². The van der Waals surface area contributed by atoms with Crippen molar-refractivity contribution >= 4 is 34.2 Å². The van der Waals surface area contributed by atoms with Crippen LogP contribution in [0.5, 0.6) is 5.75 Å². The third-order valence-electron chi connectivity index (χ3n) is 3.43. The Morgan fingerprint density at radius 3 is 2.09 bits per heavy atom. The first-order chi connectivity index (χ1) is 11.1. The molecule has 0 bridgehead atoms. The average molecular weight is 415 g/mol. The molecule has 0 radical (unpaired) electrons. The average Bonchev–Trinajstić information content (AvgIpc) is 2.56. The standard InChI is InChI=1S/C19H14INO2/c20-16-2-1-3-17(12-16)21-19(23)15-6-4-13(5-7-15)14-8-10-18(22)11-9-14/h1-12,22H,(H,21,23). The Morgan fingerprint density at radius 2 is 1.48 bits per heavy atom. The summed E-state index contributed by atoms with van der Waals surface area (Å²) in [4.78, 5) is 12.3. The molecule has 0 fully saturated rings. The molecule has 0 aromatic heterocycles. The number of carbonyl (C=O) groups excluding carboxylic acids is 1. The molecule has 0 aliphatic rings. The number of anilines is 1. The van der Waals surface area contributed by atoms with E-state index in [-0.39, 0.29) is 11.7 Å². The van der Waals surface area contributed by atoms with E-state index in [9.17, 15) is 9.90 Å². The van der Waals surface area contributed by atoms with Crippen LogP contribution in [0.1, 0.15) is 10.4 Å². The molecule has 0 unspecified atom stereocenters. The predicted octanol–water partition coefficient (Wildman–Crippen LogP) is 4.92. The number of phenolic OH excluding ortho intramolecular Hbond substituents is 1. The summed E-state index contributed by atoms with van der Waals surface area (Å²) in [5.74, 6) is 0.103. The molecule has 3 aromatic rings. The highest BCUT2D eigenvalue weighted by Crippen LogP contribution is 2.22. The molecule has 0 saturated heterocycles. The molecule has 0 saturated carbocycles. The second-order valence-electron chi connectivity index (χ2n) is 5.09. The van der Waals surface area contributed by atoms with Crippen LogP contribution >= 0.6 is 22.6 Å². The van der Waals surface area contributed by atoms with Crippen LogP contribution in [0.3, 0.4) is 0 Å². The molecule has 114 valence electrons. The molecule has 3 nitrogen and oxygen atoms in total.